The molecule has 0 radical (unpaired) electrons. The van der Waals surface area contributed by atoms with Gasteiger partial charge in [0.15, 0.2) is 5.69 Å². The lowest BCUT2D eigenvalue weighted by Crippen LogP contribution is -2.22. The molecule has 0 bridgehead atoms. The van der Waals surface area contributed by atoms with E-state index in [0.717, 1.165) is 28.2 Å². The third-order valence-electron chi connectivity index (χ3n) is 3.89. The molecule has 0 amide bonds. The molecular formula is C19H16N3+. The number of nitrogen functional groups attached to an aromatic ring is 1. The normalized spacial score (nSPS) is 10.9. The van der Waals surface area contributed by atoms with Gasteiger partial charge < -0.3 is 0 Å². The van der Waals surface area contributed by atoms with E-state index in [1.165, 1.54) is 0 Å². The van der Waals surface area contributed by atoms with Crippen LogP contribution in [0.5, 0.6) is 0 Å². The zero-order valence-corrected chi connectivity index (χ0v) is 12.1. The van der Waals surface area contributed by atoms with Crippen LogP contribution in [0.4, 0.5) is 0 Å². The van der Waals surface area contributed by atoms with Crippen LogP contribution in [-0.4, -0.2) is 4.68 Å². The zero-order chi connectivity index (χ0) is 14.9. The van der Waals surface area contributed by atoms with Gasteiger partial charge in [-0.1, -0.05) is 66.7 Å². The number of hydrogen-bond donors (Lipinski definition) is 1. The number of rotatable bonds is 2. The second-order valence-electron chi connectivity index (χ2n) is 5.23. The standard InChI is InChI=1S/C19H16N3/c20-22-17-13-7-8-14-21(17)18(15-9-3-1-4-10-15)19(22)16-11-5-2-6-12-16/h1-14H,20H2/q+1. The number of hydrogen-bond acceptors (Lipinski definition) is 1. The SMILES string of the molecule is Nn1c(-c2ccccc2)c(-c2ccccc2)[n+]2ccccc12. The van der Waals surface area contributed by atoms with Gasteiger partial charge in [-0.05, 0) is 6.07 Å². The summed E-state index contributed by atoms with van der Waals surface area (Å²) in [5.41, 5.74) is 5.32. The van der Waals surface area contributed by atoms with Gasteiger partial charge >= 0.3 is 5.65 Å². The molecular weight excluding hydrogens is 270 g/mol. The van der Waals surface area contributed by atoms with Crippen LogP contribution in [0.15, 0.2) is 85.1 Å². The molecule has 2 aromatic heterocycles. The van der Waals surface area contributed by atoms with E-state index < -0.39 is 0 Å². The third-order valence-corrected chi connectivity index (χ3v) is 3.89. The van der Waals surface area contributed by atoms with Crippen molar-refractivity contribution in [3.63, 3.8) is 0 Å². The van der Waals surface area contributed by atoms with Crippen LogP contribution in [0, 0.1) is 0 Å². The molecule has 0 unspecified atom stereocenters. The van der Waals surface area contributed by atoms with Crippen LogP contribution < -0.4 is 10.2 Å². The van der Waals surface area contributed by atoms with E-state index in [2.05, 4.69) is 28.7 Å². The minimum atomic E-state index is 0.959. The van der Waals surface area contributed by atoms with Gasteiger partial charge in [-0.3, -0.25) is 5.84 Å². The van der Waals surface area contributed by atoms with Gasteiger partial charge in [0.1, 0.15) is 0 Å². The zero-order valence-electron chi connectivity index (χ0n) is 12.1. The molecule has 2 N–H and O–H groups in total. The quantitative estimate of drug-likeness (QED) is 0.445. The Bertz CT molecular complexity index is 925. The number of nitrogens with zero attached hydrogens (tertiary/aromatic N) is 2. The van der Waals surface area contributed by atoms with Crippen LogP contribution in [0.1, 0.15) is 0 Å². The summed E-state index contributed by atoms with van der Waals surface area (Å²) in [7, 11) is 0. The van der Waals surface area contributed by atoms with Crippen molar-refractivity contribution >= 4 is 5.65 Å². The fourth-order valence-electron chi connectivity index (χ4n) is 2.91. The van der Waals surface area contributed by atoms with E-state index in [0.29, 0.717) is 0 Å². The molecule has 0 atom stereocenters. The molecule has 2 aromatic carbocycles. The summed E-state index contributed by atoms with van der Waals surface area (Å²) in [4.78, 5) is 0. The number of fused-ring (bicyclic) bond motifs is 1. The second kappa shape index (κ2) is 5.04. The molecule has 0 saturated heterocycles. The maximum Gasteiger partial charge on any atom is 0.310 e. The molecule has 3 nitrogen and oxygen atoms in total. The fourth-order valence-corrected chi connectivity index (χ4v) is 2.91. The van der Waals surface area contributed by atoms with Crippen molar-refractivity contribution in [3.8, 4) is 22.5 Å². The lowest BCUT2D eigenvalue weighted by Gasteiger charge is -2.01. The van der Waals surface area contributed by atoms with Crippen molar-refractivity contribution < 1.29 is 4.40 Å². The predicted octanol–water partition coefficient (Wildman–Crippen LogP) is 3.27. The Balaban J connectivity index is 2.14. The summed E-state index contributed by atoms with van der Waals surface area (Å²) < 4.78 is 3.90. The monoisotopic (exact) mass is 286 g/mol. The molecule has 4 aromatic rings. The lowest BCUT2D eigenvalue weighted by molar-refractivity contribution is -0.498. The van der Waals surface area contributed by atoms with E-state index in [9.17, 15) is 0 Å². The largest absolute Gasteiger partial charge is 0.310 e. The Hall–Kier alpha value is -3.07. The van der Waals surface area contributed by atoms with Gasteiger partial charge in [0.25, 0.3) is 0 Å². The van der Waals surface area contributed by atoms with Crippen molar-refractivity contribution in [2.24, 2.45) is 0 Å². The average Bonchev–Trinajstić information content (AvgIpc) is 2.90. The van der Waals surface area contributed by atoms with Crippen LogP contribution in [0.2, 0.25) is 0 Å². The minimum Gasteiger partial charge on any atom is -0.268 e. The van der Waals surface area contributed by atoms with Crippen molar-refractivity contribution in [3.05, 3.63) is 85.1 Å². The summed E-state index contributed by atoms with van der Waals surface area (Å²) in [6.07, 6.45) is 2.05. The highest BCUT2D eigenvalue weighted by molar-refractivity contribution is 5.78. The highest BCUT2D eigenvalue weighted by Crippen LogP contribution is 2.30. The Kier molecular flexibility index (Phi) is 2.90. The first-order chi connectivity index (χ1) is 10.9. The van der Waals surface area contributed by atoms with E-state index in [4.69, 9.17) is 5.84 Å². The first-order valence-electron chi connectivity index (χ1n) is 7.27. The summed E-state index contributed by atoms with van der Waals surface area (Å²) in [6.45, 7) is 0. The predicted molar refractivity (Wildman–Crippen MR) is 88.6 cm³/mol. The van der Waals surface area contributed by atoms with Gasteiger partial charge in [-0.25, -0.2) is 0 Å². The molecule has 4 rings (SSSR count). The van der Waals surface area contributed by atoms with E-state index in [-0.39, 0.29) is 0 Å². The Morgan fingerprint density at radius 2 is 1.27 bits per heavy atom. The van der Waals surface area contributed by atoms with Gasteiger partial charge in [-0.2, -0.15) is 4.40 Å². The number of pyridine rings is 1. The molecule has 0 aliphatic carbocycles. The van der Waals surface area contributed by atoms with E-state index in [1.54, 1.807) is 4.68 Å². The van der Waals surface area contributed by atoms with Gasteiger partial charge in [-0.15, -0.1) is 4.68 Å². The summed E-state index contributed by atoms with van der Waals surface area (Å²) in [6, 6.07) is 26.7. The van der Waals surface area contributed by atoms with Crippen molar-refractivity contribution in [2.45, 2.75) is 0 Å². The van der Waals surface area contributed by atoms with Crippen LogP contribution in [0.25, 0.3) is 28.2 Å². The van der Waals surface area contributed by atoms with Crippen LogP contribution in [-0.2, 0) is 0 Å². The van der Waals surface area contributed by atoms with Crippen molar-refractivity contribution in [1.29, 1.82) is 0 Å². The third kappa shape index (κ3) is 1.87. The summed E-state index contributed by atoms with van der Waals surface area (Å²) in [5, 5.41) is 0. The Morgan fingerprint density at radius 3 is 1.95 bits per heavy atom. The number of benzene rings is 2. The molecule has 0 fully saturated rings. The maximum absolute atomic E-state index is 6.40. The Labute approximate surface area is 128 Å². The van der Waals surface area contributed by atoms with Crippen LogP contribution in [0.3, 0.4) is 0 Å². The molecule has 0 spiro atoms. The highest BCUT2D eigenvalue weighted by atomic mass is 15.3. The van der Waals surface area contributed by atoms with Crippen molar-refractivity contribution in [2.75, 3.05) is 5.84 Å². The number of aromatic nitrogens is 2. The first-order valence-corrected chi connectivity index (χ1v) is 7.27. The first kappa shape index (κ1) is 12.7. The fraction of sp³-hybridized carbons (Fsp3) is 0. The molecule has 0 saturated carbocycles. The van der Waals surface area contributed by atoms with Crippen molar-refractivity contribution in [1.82, 2.24) is 4.68 Å². The average molecular weight is 286 g/mol. The van der Waals surface area contributed by atoms with E-state index in [1.807, 2.05) is 60.8 Å². The summed E-state index contributed by atoms with van der Waals surface area (Å²) in [5.74, 6) is 6.40. The molecule has 3 heteroatoms. The topological polar surface area (TPSA) is 35.0 Å². The van der Waals surface area contributed by atoms with Crippen LogP contribution >= 0.6 is 0 Å². The summed E-state index contributed by atoms with van der Waals surface area (Å²) >= 11 is 0. The smallest absolute Gasteiger partial charge is 0.268 e. The van der Waals surface area contributed by atoms with Gasteiger partial charge in [0.2, 0.25) is 5.69 Å². The molecule has 2 heterocycles. The van der Waals surface area contributed by atoms with Gasteiger partial charge in [0.05, 0.1) is 6.20 Å². The maximum atomic E-state index is 6.40. The molecule has 106 valence electrons. The molecule has 22 heavy (non-hydrogen) atoms. The minimum absolute atomic E-state index is 0.959. The lowest BCUT2D eigenvalue weighted by atomic mass is 10.0. The molecule has 0 aliphatic heterocycles. The Morgan fingerprint density at radius 1 is 0.682 bits per heavy atom. The second-order valence-corrected chi connectivity index (χ2v) is 5.23. The molecule has 0 aliphatic rings. The van der Waals surface area contributed by atoms with Gasteiger partial charge in [0, 0.05) is 17.2 Å². The van der Waals surface area contributed by atoms with E-state index >= 15 is 0 Å². The highest BCUT2D eigenvalue weighted by Gasteiger charge is 2.26. The number of nitrogens with two attached hydrogens (primary N) is 1. The number of imidazole rings is 1.